The van der Waals surface area contributed by atoms with Crippen molar-refractivity contribution < 1.29 is 4.74 Å². The van der Waals surface area contributed by atoms with E-state index in [9.17, 15) is 0 Å². The van der Waals surface area contributed by atoms with Crippen LogP contribution in [0.15, 0.2) is 0 Å². The Balaban J connectivity index is 2.10. The zero-order chi connectivity index (χ0) is 10.4. The van der Waals surface area contributed by atoms with Crippen molar-refractivity contribution in [1.29, 1.82) is 0 Å². The molecular weight excluding hydrogens is 190 g/mol. The molecule has 3 heteroatoms. The molecule has 0 amide bonds. The van der Waals surface area contributed by atoms with E-state index in [0.717, 1.165) is 6.61 Å². The number of hydrogen-bond donors (Lipinski definition) is 0. The molecule has 1 saturated heterocycles. The van der Waals surface area contributed by atoms with Crippen molar-refractivity contribution in [2.24, 2.45) is 0 Å². The molecule has 0 aromatic rings. The summed E-state index contributed by atoms with van der Waals surface area (Å²) in [6.45, 7) is 4.74. The molecule has 2 nitrogen and oxygen atoms in total. The van der Waals surface area contributed by atoms with Crippen LogP contribution in [0, 0.1) is 0 Å². The van der Waals surface area contributed by atoms with Crippen molar-refractivity contribution in [3.05, 3.63) is 0 Å². The van der Waals surface area contributed by atoms with Crippen LogP contribution in [0.2, 0.25) is 12.6 Å². The van der Waals surface area contributed by atoms with Crippen molar-refractivity contribution in [2.45, 2.75) is 44.0 Å². The maximum atomic E-state index is 5.85. The lowest BCUT2D eigenvalue weighted by molar-refractivity contribution is 0.0625. The van der Waals surface area contributed by atoms with Gasteiger partial charge in [-0.2, -0.15) is 0 Å². The van der Waals surface area contributed by atoms with Gasteiger partial charge in [0.15, 0.2) is 0 Å². The predicted molar refractivity (Wildman–Crippen MR) is 64.6 cm³/mol. The summed E-state index contributed by atoms with van der Waals surface area (Å²) in [6.07, 6.45) is 5.39. The van der Waals surface area contributed by atoms with E-state index in [0.29, 0.717) is 5.73 Å². The highest BCUT2D eigenvalue weighted by molar-refractivity contribution is 6.58. The molecule has 1 aliphatic rings. The molecule has 1 heterocycles. The van der Waals surface area contributed by atoms with Crippen molar-refractivity contribution in [3.63, 3.8) is 0 Å². The fraction of sp³-hybridized carbons (Fsp3) is 1.00. The van der Waals surface area contributed by atoms with Crippen LogP contribution in [0.5, 0.6) is 0 Å². The topological polar surface area (TPSA) is 12.5 Å². The first-order valence-electron chi connectivity index (χ1n) is 5.96. The van der Waals surface area contributed by atoms with Crippen molar-refractivity contribution in [1.82, 2.24) is 4.90 Å². The minimum absolute atomic E-state index is 0.591. The van der Waals surface area contributed by atoms with Gasteiger partial charge in [0.05, 0.1) is 8.80 Å². The molecule has 0 spiro atoms. The fourth-order valence-corrected chi connectivity index (χ4v) is 4.60. The summed E-state index contributed by atoms with van der Waals surface area (Å²) < 4.78 is 5.85. The molecule has 84 valence electrons. The molecule has 2 unspecified atom stereocenters. The smallest absolute Gasteiger partial charge is 0.0687 e. The molecule has 0 aliphatic carbocycles. The largest absolute Gasteiger partial charge is 0.382 e. The average molecular weight is 215 g/mol. The normalized spacial score (nSPS) is 25.3. The lowest BCUT2D eigenvalue weighted by atomic mass is 10.2. The van der Waals surface area contributed by atoms with E-state index in [1.54, 1.807) is 0 Å². The fourth-order valence-electron chi connectivity index (χ4n) is 2.13. The van der Waals surface area contributed by atoms with Crippen molar-refractivity contribution >= 4 is 8.80 Å². The van der Waals surface area contributed by atoms with Gasteiger partial charge in [0.2, 0.25) is 0 Å². The van der Waals surface area contributed by atoms with Gasteiger partial charge in [0.1, 0.15) is 0 Å². The van der Waals surface area contributed by atoms with Crippen LogP contribution in [0.25, 0.3) is 0 Å². The highest BCUT2D eigenvalue weighted by Gasteiger charge is 2.21. The number of nitrogens with zero attached hydrogens (tertiary/aromatic N) is 1. The van der Waals surface area contributed by atoms with E-state index in [1.165, 1.54) is 38.3 Å². The van der Waals surface area contributed by atoms with Gasteiger partial charge in [-0.1, -0.05) is 12.6 Å². The zero-order valence-corrected chi connectivity index (χ0v) is 11.1. The monoisotopic (exact) mass is 215 g/mol. The van der Waals surface area contributed by atoms with E-state index in [4.69, 9.17) is 4.74 Å². The summed E-state index contributed by atoms with van der Waals surface area (Å²) in [5.74, 6) is 0. The Bertz CT molecular complexity index is 146. The Hall–Kier alpha value is 0.137. The number of rotatable bonds is 5. The summed E-state index contributed by atoms with van der Waals surface area (Å²) in [6, 6.07) is 1.45. The molecule has 14 heavy (non-hydrogen) atoms. The number of hydrogen-bond acceptors (Lipinski definition) is 2. The third-order valence-corrected chi connectivity index (χ3v) is 6.23. The Labute approximate surface area is 90.2 Å². The van der Waals surface area contributed by atoms with E-state index in [-0.39, 0.29) is 0 Å². The van der Waals surface area contributed by atoms with Crippen LogP contribution in [0.1, 0.15) is 25.7 Å². The Kier molecular flexibility index (Phi) is 5.75. The third kappa shape index (κ3) is 4.58. The first-order chi connectivity index (χ1) is 6.70. The minimum atomic E-state index is -0.591. The van der Waals surface area contributed by atoms with Crippen molar-refractivity contribution in [2.75, 3.05) is 27.2 Å². The molecule has 2 atom stereocenters. The highest BCUT2D eigenvalue weighted by Crippen LogP contribution is 2.17. The van der Waals surface area contributed by atoms with E-state index in [2.05, 4.69) is 25.5 Å². The Morgan fingerprint density at radius 2 is 2.14 bits per heavy atom. The van der Waals surface area contributed by atoms with Gasteiger partial charge in [0, 0.05) is 12.3 Å². The highest BCUT2D eigenvalue weighted by atomic mass is 28.3. The van der Waals surface area contributed by atoms with Gasteiger partial charge in [-0.25, -0.2) is 0 Å². The molecule has 1 aliphatic heterocycles. The molecule has 0 aromatic carbocycles. The van der Waals surface area contributed by atoms with Crippen LogP contribution in [0.3, 0.4) is 0 Å². The summed E-state index contributed by atoms with van der Waals surface area (Å²) in [5.41, 5.74) is 0.686. The second-order valence-electron chi connectivity index (χ2n) is 4.83. The molecule has 1 rings (SSSR count). The maximum Gasteiger partial charge on any atom is 0.0687 e. The van der Waals surface area contributed by atoms with Crippen LogP contribution >= 0.6 is 0 Å². The molecule has 0 aromatic heterocycles. The number of ether oxygens (including phenoxy) is 1. The van der Waals surface area contributed by atoms with Crippen LogP contribution in [0.4, 0.5) is 0 Å². The van der Waals surface area contributed by atoms with Gasteiger partial charge >= 0.3 is 0 Å². The first-order valence-corrected chi connectivity index (χ1v) is 8.60. The maximum absolute atomic E-state index is 5.85. The molecule has 0 radical (unpaired) electrons. The van der Waals surface area contributed by atoms with Gasteiger partial charge in [-0.15, -0.1) is 0 Å². The van der Waals surface area contributed by atoms with Gasteiger partial charge in [-0.3, -0.25) is 0 Å². The Morgan fingerprint density at radius 1 is 1.36 bits per heavy atom. The molecule has 0 bridgehead atoms. The average Bonchev–Trinajstić information content (AvgIpc) is 2.18. The summed E-state index contributed by atoms with van der Waals surface area (Å²) in [7, 11) is 3.72. The second kappa shape index (κ2) is 6.59. The molecule has 0 N–H and O–H groups in total. The third-order valence-electron chi connectivity index (χ3n) is 3.11. The second-order valence-corrected chi connectivity index (χ2v) is 8.10. The van der Waals surface area contributed by atoms with E-state index < -0.39 is 8.80 Å². The van der Waals surface area contributed by atoms with Crippen LogP contribution in [-0.2, 0) is 4.74 Å². The van der Waals surface area contributed by atoms with E-state index >= 15 is 0 Å². The minimum Gasteiger partial charge on any atom is -0.382 e. The summed E-state index contributed by atoms with van der Waals surface area (Å²) in [5, 5.41) is 0. The van der Waals surface area contributed by atoms with Crippen LogP contribution < -0.4 is 0 Å². The predicted octanol–water partition coefficient (Wildman–Crippen LogP) is 1.90. The summed E-state index contributed by atoms with van der Waals surface area (Å²) >= 11 is 0. The summed E-state index contributed by atoms with van der Waals surface area (Å²) in [4.78, 5) is 2.28. The van der Waals surface area contributed by atoms with Gasteiger partial charge < -0.3 is 9.64 Å². The Morgan fingerprint density at radius 3 is 2.71 bits per heavy atom. The lowest BCUT2D eigenvalue weighted by Gasteiger charge is -2.27. The zero-order valence-electron chi connectivity index (χ0n) is 9.96. The SMILES string of the molecule is CN(C)CCC[SiH](C)C1CCCCO1. The van der Waals surface area contributed by atoms with Crippen molar-refractivity contribution in [3.8, 4) is 0 Å². The quantitative estimate of drug-likeness (QED) is 0.650. The first kappa shape index (κ1) is 12.2. The standard InChI is InChI=1S/C11H25NOSi/c1-12(2)8-6-10-14(3)11-7-4-5-9-13-11/h11,14H,4-10H2,1-3H3. The van der Waals surface area contributed by atoms with Gasteiger partial charge in [0.25, 0.3) is 0 Å². The van der Waals surface area contributed by atoms with E-state index in [1.807, 2.05) is 0 Å². The lowest BCUT2D eigenvalue weighted by Crippen LogP contribution is -2.34. The molecule has 1 fully saturated rings. The molecular formula is C11H25NOSi. The van der Waals surface area contributed by atoms with Gasteiger partial charge in [-0.05, 0) is 46.3 Å². The molecule has 0 saturated carbocycles. The van der Waals surface area contributed by atoms with Crippen LogP contribution in [-0.4, -0.2) is 46.7 Å².